The summed E-state index contributed by atoms with van der Waals surface area (Å²) in [6.07, 6.45) is 5.85. The van der Waals surface area contributed by atoms with Crippen LogP contribution in [0.2, 0.25) is 0 Å². The maximum Gasteiger partial charge on any atom is 0.333 e. The third-order valence-electron chi connectivity index (χ3n) is 13.5. The number of methoxy groups -OCH3 is 1. The Morgan fingerprint density at radius 1 is 0.736 bits per heavy atom. The number of amides is 4. The second-order valence-electron chi connectivity index (χ2n) is 19.4. The number of aryl methyl sites for hydroxylation is 2. The predicted octanol–water partition coefficient (Wildman–Crippen LogP) is 10.7. The van der Waals surface area contributed by atoms with Crippen LogP contribution in [0.3, 0.4) is 0 Å². The summed E-state index contributed by atoms with van der Waals surface area (Å²) in [6.45, 7) is 6.88. The van der Waals surface area contributed by atoms with Crippen molar-refractivity contribution >= 4 is 86.2 Å². The van der Waals surface area contributed by atoms with Gasteiger partial charge in [0.25, 0.3) is 23.6 Å². The highest BCUT2D eigenvalue weighted by atomic mass is 33.1. The van der Waals surface area contributed by atoms with E-state index in [-0.39, 0.29) is 61.1 Å². The standard InChI is InChI=1S/C56H56N4O9S3/c1-34-20-44-45(57-29-42-25-40-11-6-8-13-47(40)59(42)55(44)65)28-48(34)67-30-35-21-36(23-37(22-35)32-70-33-56(2,3)72-71-19-9-14-53(63)69-60-51(61)17-18-52(60)62)31-68-50-26-38-15-16-41-24-39-10-5-7-12-46(39)58(41)54(64)43(38)27-49(50)66-4/h5-8,10-13,20-23,26-29,41-42H,9,14-19,24-25,30-33H2,1-4H3/t41-,42+/m1/s1. The van der Waals surface area contributed by atoms with E-state index in [0.29, 0.717) is 51.3 Å². The van der Waals surface area contributed by atoms with Crippen molar-refractivity contribution in [1.82, 2.24) is 5.06 Å². The van der Waals surface area contributed by atoms with Crippen LogP contribution >= 0.6 is 33.3 Å². The van der Waals surface area contributed by atoms with Gasteiger partial charge < -0.3 is 23.9 Å². The van der Waals surface area contributed by atoms with Gasteiger partial charge in [0.2, 0.25) is 0 Å². The van der Waals surface area contributed by atoms with Crippen LogP contribution in [0.25, 0.3) is 0 Å². The van der Waals surface area contributed by atoms with E-state index < -0.39 is 17.8 Å². The van der Waals surface area contributed by atoms with E-state index in [1.165, 1.54) is 5.56 Å². The van der Waals surface area contributed by atoms with Crippen LogP contribution in [0.1, 0.15) is 106 Å². The van der Waals surface area contributed by atoms with Crippen LogP contribution in [0.5, 0.6) is 17.2 Å². The van der Waals surface area contributed by atoms with Gasteiger partial charge in [-0.05, 0) is 122 Å². The first-order valence-corrected chi connectivity index (χ1v) is 27.8. The predicted molar refractivity (Wildman–Crippen MR) is 284 cm³/mol. The average Bonchev–Trinajstić information content (AvgIpc) is 3.99. The molecule has 10 rings (SSSR count). The number of thioether (sulfide) groups is 1. The Hall–Kier alpha value is -6.23. The van der Waals surface area contributed by atoms with E-state index in [0.717, 1.165) is 81.9 Å². The average molecular weight is 1030 g/mol. The van der Waals surface area contributed by atoms with Gasteiger partial charge >= 0.3 is 5.97 Å². The molecule has 1 fully saturated rings. The highest BCUT2D eigenvalue weighted by Gasteiger charge is 2.39. The maximum atomic E-state index is 14.2. The topological polar surface area (TPSA) is 144 Å². The Bertz CT molecular complexity index is 3000. The molecule has 13 nitrogen and oxygen atoms in total. The third-order valence-corrected chi connectivity index (χ3v) is 18.5. The van der Waals surface area contributed by atoms with E-state index in [2.05, 4.69) is 44.2 Å². The van der Waals surface area contributed by atoms with Crippen LogP contribution in [0.15, 0.2) is 96.0 Å². The van der Waals surface area contributed by atoms with E-state index in [4.69, 9.17) is 24.0 Å². The van der Waals surface area contributed by atoms with E-state index in [9.17, 15) is 24.0 Å². The number of hydrogen-bond acceptors (Lipinski definition) is 13. The van der Waals surface area contributed by atoms with Crippen LogP contribution in [-0.2, 0) is 57.5 Å². The molecule has 0 unspecified atom stereocenters. The normalized spacial score (nSPS) is 17.7. The van der Waals surface area contributed by atoms with Crippen molar-refractivity contribution in [2.24, 2.45) is 4.99 Å². The second kappa shape index (κ2) is 21.1. The van der Waals surface area contributed by atoms with Crippen LogP contribution in [-0.4, -0.2) is 76.3 Å². The summed E-state index contributed by atoms with van der Waals surface area (Å²) in [6, 6.07) is 30.1. The first kappa shape index (κ1) is 49.4. The molecule has 0 spiro atoms. The highest BCUT2D eigenvalue weighted by Crippen LogP contribution is 2.43. The smallest absolute Gasteiger partial charge is 0.333 e. The summed E-state index contributed by atoms with van der Waals surface area (Å²) in [5.41, 5.74) is 10.8. The molecule has 0 bridgehead atoms. The fraction of sp³-hybridized carbons (Fsp3) is 0.357. The van der Waals surface area contributed by atoms with Gasteiger partial charge in [-0.25, -0.2) is 4.79 Å². The van der Waals surface area contributed by atoms with E-state index in [1.54, 1.807) is 28.7 Å². The largest absolute Gasteiger partial charge is 0.493 e. The number of benzene rings is 5. The monoisotopic (exact) mass is 1020 g/mol. The highest BCUT2D eigenvalue weighted by molar-refractivity contribution is 8.77. The van der Waals surface area contributed by atoms with Gasteiger partial charge in [-0.1, -0.05) is 70.1 Å². The number of anilines is 2. The second-order valence-corrected chi connectivity index (χ2v) is 23.5. The molecule has 5 aliphatic heterocycles. The fourth-order valence-electron chi connectivity index (χ4n) is 10.0. The molecule has 5 aliphatic rings. The fourth-order valence-corrected chi connectivity index (χ4v) is 14.1. The van der Waals surface area contributed by atoms with Crippen LogP contribution in [0.4, 0.5) is 17.1 Å². The van der Waals surface area contributed by atoms with Crippen molar-refractivity contribution in [3.05, 3.63) is 141 Å². The lowest BCUT2D eigenvalue weighted by Gasteiger charge is -2.23. The van der Waals surface area contributed by atoms with Gasteiger partial charge in [0.1, 0.15) is 19.0 Å². The number of ether oxygens (including phenoxy) is 3. The molecule has 0 N–H and O–H groups in total. The lowest BCUT2D eigenvalue weighted by atomic mass is 9.99. The summed E-state index contributed by atoms with van der Waals surface area (Å²) in [5, 5.41) is 0.597. The van der Waals surface area contributed by atoms with Crippen LogP contribution in [0, 0.1) is 6.92 Å². The summed E-state index contributed by atoms with van der Waals surface area (Å²) >= 11 is 1.83. The molecule has 5 heterocycles. The maximum absolute atomic E-state index is 14.2. The SMILES string of the molecule is COc1cc2c(cc1OCc1cc(COc3cc4c(cc3C)C(=O)N3c5ccccc5C[C@H]3C=N4)cc(CSCC(C)(C)SSCCCC(=O)ON3C(=O)CCC3=O)c1)CC[C@@H]1Cc3ccccc3N1C2=O. The zero-order valence-corrected chi connectivity index (χ0v) is 43.2. The Morgan fingerprint density at radius 2 is 1.40 bits per heavy atom. The Morgan fingerprint density at radius 3 is 2.14 bits per heavy atom. The van der Waals surface area contributed by atoms with Gasteiger partial charge in [0.05, 0.1) is 24.4 Å². The molecule has 0 saturated carbocycles. The van der Waals surface area contributed by atoms with Crippen molar-refractivity contribution in [2.45, 2.75) is 108 Å². The minimum atomic E-state index is -0.580. The molecule has 5 aromatic rings. The lowest BCUT2D eigenvalue weighted by molar-refractivity contribution is -0.197. The molecule has 5 aromatic carbocycles. The number of carbonyl (C=O) groups excluding carboxylic acids is 5. The molecular weight excluding hydrogens is 969 g/mol. The zero-order chi connectivity index (χ0) is 50.1. The zero-order valence-electron chi connectivity index (χ0n) is 40.8. The van der Waals surface area contributed by atoms with Gasteiger partial charge in [-0.2, -0.15) is 11.8 Å². The Balaban J connectivity index is 0.824. The van der Waals surface area contributed by atoms with Crippen LogP contribution < -0.4 is 24.0 Å². The van der Waals surface area contributed by atoms with Crippen molar-refractivity contribution in [2.75, 3.05) is 28.4 Å². The molecule has 372 valence electrons. The van der Waals surface area contributed by atoms with Gasteiger partial charge in [-0.15, -0.1) is 5.06 Å². The molecule has 2 atom stereocenters. The first-order valence-electron chi connectivity index (χ1n) is 24.4. The summed E-state index contributed by atoms with van der Waals surface area (Å²) in [7, 11) is 5.05. The Labute approximate surface area is 431 Å². The minimum Gasteiger partial charge on any atom is -0.493 e. The van der Waals surface area contributed by atoms with Crippen molar-refractivity contribution in [3.63, 3.8) is 0 Å². The molecular formula is C56H56N4O9S3. The van der Waals surface area contributed by atoms with Gasteiger partial charge in [0.15, 0.2) is 11.5 Å². The molecule has 0 radical (unpaired) electrons. The summed E-state index contributed by atoms with van der Waals surface area (Å²) in [4.78, 5) is 77.7. The number of aliphatic imine (C=N–C) groups is 1. The number of carbonyl (C=O) groups is 5. The molecule has 4 amide bonds. The Kier molecular flexibility index (Phi) is 14.5. The number of imide groups is 1. The molecule has 1 saturated heterocycles. The van der Waals surface area contributed by atoms with E-state index in [1.807, 2.05) is 95.4 Å². The number of fused-ring (bicyclic) bond motifs is 8. The number of nitrogens with zero attached hydrogens (tertiary/aromatic N) is 4. The number of hydrogen-bond donors (Lipinski definition) is 0. The molecule has 0 aliphatic carbocycles. The van der Waals surface area contributed by atoms with Gasteiger partial charge in [-0.3, -0.25) is 29.1 Å². The lowest BCUT2D eigenvalue weighted by Crippen LogP contribution is -2.37. The molecule has 0 aromatic heterocycles. The van der Waals surface area contributed by atoms with Crippen molar-refractivity contribution in [3.8, 4) is 17.2 Å². The number of rotatable bonds is 18. The quantitative estimate of drug-likeness (QED) is 0.0468. The molecule has 16 heteroatoms. The summed E-state index contributed by atoms with van der Waals surface area (Å²) < 4.78 is 19.0. The first-order chi connectivity index (χ1) is 34.8. The van der Waals surface area contributed by atoms with Crippen molar-refractivity contribution in [1.29, 1.82) is 0 Å². The van der Waals surface area contributed by atoms with E-state index >= 15 is 0 Å². The number of para-hydroxylation sites is 2. The third kappa shape index (κ3) is 10.5. The van der Waals surface area contributed by atoms with Gasteiger partial charge in [0, 0.05) is 82.9 Å². The summed E-state index contributed by atoms with van der Waals surface area (Å²) in [5.74, 6) is 2.40. The molecule has 72 heavy (non-hydrogen) atoms. The van der Waals surface area contributed by atoms with Crippen molar-refractivity contribution < 1.29 is 43.0 Å². The number of hydroxylamine groups is 2. The minimum absolute atomic E-state index is 0.0132.